The predicted molar refractivity (Wildman–Crippen MR) is 116 cm³/mol. The Balaban J connectivity index is 1.46. The zero-order chi connectivity index (χ0) is 24.4. The van der Waals surface area contributed by atoms with Gasteiger partial charge in [-0.2, -0.15) is 10.2 Å². The van der Waals surface area contributed by atoms with Gasteiger partial charge in [0.1, 0.15) is 17.1 Å². The highest BCUT2D eigenvalue weighted by Crippen LogP contribution is 2.35. The van der Waals surface area contributed by atoms with Crippen molar-refractivity contribution >= 4 is 34.8 Å². The van der Waals surface area contributed by atoms with Crippen LogP contribution in [0.5, 0.6) is 0 Å². The van der Waals surface area contributed by atoms with Crippen LogP contribution < -0.4 is 5.32 Å². The van der Waals surface area contributed by atoms with Crippen LogP contribution in [0.4, 0.5) is 23.2 Å². The first kappa shape index (κ1) is 23.8. The van der Waals surface area contributed by atoms with Gasteiger partial charge in [0.05, 0.1) is 29.3 Å². The van der Waals surface area contributed by atoms with E-state index in [1.807, 2.05) is 6.07 Å². The Bertz CT molecular complexity index is 1320. The molecule has 0 saturated carbocycles. The summed E-state index contributed by atoms with van der Waals surface area (Å²) in [4.78, 5) is 12.6. The van der Waals surface area contributed by atoms with E-state index >= 15 is 0 Å². The molecule has 13 heteroatoms. The largest absolute Gasteiger partial charge is 0.454 e. The van der Waals surface area contributed by atoms with Crippen LogP contribution in [-0.4, -0.2) is 25.5 Å². The van der Waals surface area contributed by atoms with Crippen LogP contribution >= 0.6 is 23.2 Å². The van der Waals surface area contributed by atoms with Crippen molar-refractivity contribution in [2.45, 2.75) is 25.9 Å². The molecule has 0 unspecified atom stereocenters. The van der Waals surface area contributed by atoms with E-state index in [9.17, 15) is 22.4 Å². The molecular weight excluding hydrogens is 501 g/mol. The Morgan fingerprint density at radius 3 is 2.56 bits per heavy atom. The molecule has 0 spiro atoms. The number of carbonyl (C=O) groups excluding carboxylic acids is 1. The highest BCUT2D eigenvalue weighted by Gasteiger charge is 2.28. The molecule has 0 aliphatic rings. The Hall–Kier alpha value is -3.31. The molecule has 1 amide bonds. The Morgan fingerprint density at radius 2 is 1.88 bits per heavy atom. The van der Waals surface area contributed by atoms with E-state index < -0.39 is 41.7 Å². The van der Waals surface area contributed by atoms with Crippen molar-refractivity contribution in [3.8, 4) is 0 Å². The number of benzene rings is 1. The first-order chi connectivity index (χ1) is 16.2. The summed E-state index contributed by atoms with van der Waals surface area (Å²) in [5, 5.41) is 9.95. The van der Waals surface area contributed by atoms with Crippen molar-refractivity contribution < 1.29 is 26.8 Å². The lowest BCUT2D eigenvalue weighted by molar-refractivity contribution is 0.0994. The fourth-order valence-corrected chi connectivity index (χ4v) is 3.68. The third-order valence-electron chi connectivity index (χ3n) is 4.69. The summed E-state index contributed by atoms with van der Waals surface area (Å²) in [7, 11) is 0. The normalized spacial score (nSPS) is 11.5. The number of furan rings is 1. The van der Waals surface area contributed by atoms with Crippen LogP contribution in [0.15, 0.2) is 53.2 Å². The molecule has 0 atom stereocenters. The second-order valence-corrected chi connectivity index (χ2v) is 7.93. The molecule has 3 aromatic heterocycles. The summed E-state index contributed by atoms with van der Waals surface area (Å²) >= 11 is 11.5. The number of halogens is 6. The van der Waals surface area contributed by atoms with E-state index in [1.165, 1.54) is 18.3 Å². The molecule has 0 bridgehead atoms. The Morgan fingerprint density at radius 1 is 1.09 bits per heavy atom. The molecule has 34 heavy (non-hydrogen) atoms. The Labute approximate surface area is 199 Å². The number of nitrogens with zero attached hydrogens (tertiary/aromatic N) is 4. The highest BCUT2D eigenvalue weighted by molar-refractivity contribution is 6.32. The average molecular weight is 516 g/mol. The zero-order valence-electron chi connectivity index (χ0n) is 17.1. The molecule has 0 aliphatic heterocycles. The first-order valence-electron chi connectivity index (χ1n) is 9.70. The van der Waals surface area contributed by atoms with Gasteiger partial charge in [-0.05, 0) is 29.8 Å². The number of alkyl halides is 4. The lowest BCUT2D eigenvalue weighted by Gasteiger charge is -2.07. The van der Waals surface area contributed by atoms with E-state index in [0.29, 0.717) is 21.9 Å². The standard InChI is InChI=1S/C21H15Cl2F4N5O2/c22-12-7-28-31(9-12)8-11-2-1-3-13(6-11)29-21(33)15-5-4-14(34-15)10-32-18(20(26)27)16(23)17(30-32)19(24)25/h1-7,9,19-20H,8,10H2,(H,29,33). The lowest BCUT2D eigenvalue weighted by atomic mass is 10.2. The third-order valence-corrected chi connectivity index (χ3v) is 5.27. The van der Waals surface area contributed by atoms with Gasteiger partial charge in [0.2, 0.25) is 0 Å². The minimum Gasteiger partial charge on any atom is -0.454 e. The van der Waals surface area contributed by atoms with Crippen LogP contribution in [0.2, 0.25) is 10.0 Å². The fraction of sp³-hybridized carbons (Fsp3) is 0.190. The maximum absolute atomic E-state index is 13.3. The number of nitrogens with one attached hydrogen (secondary N) is 1. The van der Waals surface area contributed by atoms with Crippen molar-refractivity contribution in [3.05, 3.63) is 87.3 Å². The molecule has 4 aromatic rings. The van der Waals surface area contributed by atoms with Gasteiger partial charge in [-0.3, -0.25) is 14.2 Å². The minimum absolute atomic E-state index is 0.0522. The SMILES string of the molecule is O=C(Nc1cccc(Cn2cc(Cl)cn2)c1)c1ccc(Cn2nc(C(F)F)c(Cl)c2C(F)F)o1. The maximum Gasteiger partial charge on any atom is 0.291 e. The summed E-state index contributed by atoms with van der Waals surface area (Å²) in [5.41, 5.74) is -0.463. The zero-order valence-corrected chi connectivity index (χ0v) is 18.6. The lowest BCUT2D eigenvalue weighted by Crippen LogP contribution is -2.11. The molecule has 0 fully saturated rings. The van der Waals surface area contributed by atoms with E-state index in [-0.39, 0.29) is 11.5 Å². The van der Waals surface area contributed by atoms with Gasteiger partial charge in [-0.1, -0.05) is 35.3 Å². The van der Waals surface area contributed by atoms with Crippen LogP contribution in [0.3, 0.4) is 0 Å². The second-order valence-electron chi connectivity index (χ2n) is 7.12. The molecule has 1 N–H and O–H groups in total. The quantitative estimate of drug-likeness (QED) is 0.283. The summed E-state index contributed by atoms with van der Waals surface area (Å²) in [6, 6.07) is 9.70. The number of amides is 1. The molecule has 7 nitrogen and oxygen atoms in total. The highest BCUT2D eigenvalue weighted by atomic mass is 35.5. The number of carbonyl (C=O) groups is 1. The molecule has 178 valence electrons. The third kappa shape index (κ3) is 5.26. The monoisotopic (exact) mass is 515 g/mol. The molecule has 0 radical (unpaired) electrons. The molecule has 0 saturated heterocycles. The number of hydrogen-bond donors (Lipinski definition) is 1. The summed E-state index contributed by atoms with van der Waals surface area (Å²) in [6.07, 6.45) is -3.08. The number of hydrogen-bond acceptors (Lipinski definition) is 4. The van der Waals surface area contributed by atoms with Crippen LogP contribution in [0.25, 0.3) is 0 Å². The van der Waals surface area contributed by atoms with Gasteiger partial charge in [-0.15, -0.1) is 0 Å². The van der Waals surface area contributed by atoms with E-state index in [0.717, 1.165) is 5.56 Å². The first-order valence-corrected chi connectivity index (χ1v) is 10.5. The van der Waals surface area contributed by atoms with Gasteiger partial charge >= 0.3 is 0 Å². The second kappa shape index (κ2) is 9.90. The summed E-state index contributed by atoms with van der Waals surface area (Å²) in [5.74, 6) is -0.645. The van der Waals surface area contributed by atoms with Crippen LogP contribution in [-0.2, 0) is 13.1 Å². The molecule has 4 rings (SSSR count). The topological polar surface area (TPSA) is 77.9 Å². The van der Waals surface area contributed by atoms with Crippen LogP contribution in [0.1, 0.15) is 46.1 Å². The van der Waals surface area contributed by atoms with Crippen LogP contribution in [0, 0.1) is 0 Å². The van der Waals surface area contributed by atoms with E-state index in [2.05, 4.69) is 15.5 Å². The van der Waals surface area contributed by atoms with Crippen molar-refractivity contribution in [1.29, 1.82) is 0 Å². The Kier molecular flexibility index (Phi) is 6.94. The van der Waals surface area contributed by atoms with E-state index in [1.54, 1.807) is 29.1 Å². The average Bonchev–Trinajstić information content (AvgIpc) is 3.48. The molecule has 3 heterocycles. The van der Waals surface area contributed by atoms with Crippen molar-refractivity contribution in [1.82, 2.24) is 19.6 Å². The van der Waals surface area contributed by atoms with Gasteiger partial charge in [0, 0.05) is 11.9 Å². The molecular formula is C21H15Cl2F4N5O2. The minimum atomic E-state index is -3.13. The number of aromatic nitrogens is 4. The summed E-state index contributed by atoms with van der Waals surface area (Å²) < 4.78 is 60.3. The smallest absolute Gasteiger partial charge is 0.291 e. The number of anilines is 1. The fourth-order valence-electron chi connectivity index (χ4n) is 3.23. The van der Waals surface area contributed by atoms with Gasteiger partial charge < -0.3 is 9.73 Å². The van der Waals surface area contributed by atoms with E-state index in [4.69, 9.17) is 27.6 Å². The van der Waals surface area contributed by atoms with Gasteiger partial charge in [0.15, 0.2) is 5.76 Å². The molecule has 1 aromatic carbocycles. The summed E-state index contributed by atoms with van der Waals surface area (Å²) in [6.45, 7) is 0.0160. The van der Waals surface area contributed by atoms with Crippen molar-refractivity contribution in [2.24, 2.45) is 0 Å². The maximum atomic E-state index is 13.3. The van der Waals surface area contributed by atoms with Crippen molar-refractivity contribution in [2.75, 3.05) is 5.32 Å². The number of rotatable bonds is 8. The predicted octanol–water partition coefficient (Wildman–Crippen LogP) is 6.20. The molecule has 0 aliphatic carbocycles. The van der Waals surface area contributed by atoms with Gasteiger partial charge in [-0.25, -0.2) is 17.6 Å². The van der Waals surface area contributed by atoms with Crippen molar-refractivity contribution in [3.63, 3.8) is 0 Å². The van der Waals surface area contributed by atoms with Gasteiger partial charge in [0.25, 0.3) is 18.8 Å².